The maximum atomic E-state index is 13.9. The number of carbonyl (C=O) groups excluding carboxylic acids is 1. The number of hydrazone groups is 1. The zero-order chi connectivity index (χ0) is 31.4. The standard InChI is InChI=1S/C32H30N4O6S2/c1-21-11-16-26-29(17-21)43-32(34-26)36(33-20-22-18-27(40-3)30(42-5)28(19-22)41-4)31(37)23-12-14-25(15-13-23)44(38,39)35(2)24-9-7-6-8-10-24/h6-20H,1-5H3/b33-20+. The number of rotatable bonds is 10. The molecule has 0 aliphatic carbocycles. The van der Waals surface area contributed by atoms with Gasteiger partial charge in [-0.25, -0.2) is 13.4 Å². The van der Waals surface area contributed by atoms with E-state index in [1.807, 2.05) is 31.2 Å². The number of para-hydroxylation sites is 1. The summed E-state index contributed by atoms with van der Waals surface area (Å²) in [4.78, 5) is 18.6. The third-order valence-corrected chi connectivity index (χ3v) is 9.59. The molecule has 0 radical (unpaired) electrons. The molecule has 4 aromatic carbocycles. The van der Waals surface area contributed by atoms with Crippen molar-refractivity contribution in [2.45, 2.75) is 11.8 Å². The predicted molar refractivity (Wildman–Crippen MR) is 173 cm³/mol. The molecule has 0 saturated carbocycles. The van der Waals surface area contributed by atoms with E-state index in [9.17, 15) is 13.2 Å². The van der Waals surface area contributed by atoms with Crippen LogP contribution in [0.1, 0.15) is 21.5 Å². The van der Waals surface area contributed by atoms with Crippen molar-refractivity contribution in [3.8, 4) is 17.2 Å². The molecule has 0 unspecified atom stereocenters. The molecule has 5 rings (SSSR count). The highest BCUT2D eigenvalue weighted by atomic mass is 32.2. The molecule has 12 heteroatoms. The van der Waals surface area contributed by atoms with E-state index in [4.69, 9.17) is 14.2 Å². The van der Waals surface area contributed by atoms with Gasteiger partial charge < -0.3 is 14.2 Å². The van der Waals surface area contributed by atoms with E-state index in [-0.39, 0.29) is 10.5 Å². The molecule has 0 aliphatic rings. The Morgan fingerprint density at radius 1 is 0.886 bits per heavy atom. The molecule has 1 amide bonds. The van der Waals surface area contributed by atoms with Gasteiger partial charge in [0.25, 0.3) is 15.9 Å². The summed E-state index contributed by atoms with van der Waals surface area (Å²) >= 11 is 1.32. The summed E-state index contributed by atoms with van der Waals surface area (Å²) in [7, 11) is 2.16. The Balaban J connectivity index is 1.52. The highest BCUT2D eigenvalue weighted by Gasteiger charge is 2.25. The molecule has 0 atom stereocenters. The highest BCUT2D eigenvalue weighted by molar-refractivity contribution is 7.92. The van der Waals surface area contributed by atoms with E-state index in [2.05, 4.69) is 10.1 Å². The number of aromatic nitrogens is 1. The molecular weight excluding hydrogens is 601 g/mol. The Bertz CT molecular complexity index is 1920. The Hall–Kier alpha value is -4.94. The zero-order valence-electron chi connectivity index (χ0n) is 24.7. The summed E-state index contributed by atoms with van der Waals surface area (Å²) in [6.45, 7) is 1.98. The average molecular weight is 631 g/mol. The van der Waals surface area contributed by atoms with Crippen LogP contribution in [0, 0.1) is 6.92 Å². The number of aryl methyl sites for hydroxylation is 1. The summed E-state index contributed by atoms with van der Waals surface area (Å²) in [5.74, 6) is 0.789. The normalized spacial score (nSPS) is 11.5. The molecular formula is C32H30N4O6S2. The van der Waals surface area contributed by atoms with Crippen LogP contribution in [0.5, 0.6) is 17.2 Å². The number of fused-ring (bicyclic) bond motifs is 1. The quantitative estimate of drug-likeness (QED) is 0.135. The lowest BCUT2D eigenvalue weighted by Crippen LogP contribution is -2.27. The van der Waals surface area contributed by atoms with E-state index >= 15 is 0 Å². The van der Waals surface area contributed by atoms with E-state index in [0.29, 0.717) is 33.6 Å². The fraction of sp³-hybridized carbons (Fsp3) is 0.156. The first-order valence-corrected chi connectivity index (χ1v) is 15.6. The van der Waals surface area contributed by atoms with Gasteiger partial charge in [0, 0.05) is 18.2 Å². The van der Waals surface area contributed by atoms with Gasteiger partial charge in [-0.2, -0.15) is 10.1 Å². The minimum atomic E-state index is -3.86. The van der Waals surface area contributed by atoms with Gasteiger partial charge in [0.2, 0.25) is 10.9 Å². The smallest absolute Gasteiger partial charge is 0.280 e. The Labute approximate surface area is 259 Å². The molecule has 10 nitrogen and oxygen atoms in total. The van der Waals surface area contributed by atoms with Gasteiger partial charge in [-0.15, -0.1) is 0 Å². The zero-order valence-corrected chi connectivity index (χ0v) is 26.3. The number of hydrogen-bond donors (Lipinski definition) is 0. The Morgan fingerprint density at radius 3 is 2.16 bits per heavy atom. The number of nitrogens with zero attached hydrogens (tertiary/aromatic N) is 4. The first-order valence-electron chi connectivity index (χ1n) is 13.4. The van der Waals surface area contributed by atoms with Crippen LogP contribution in [-0.2, 0) is 10.0 Å². The fourth-order valence-electron chi connectivity index (χ4n) is 4.43. The summed E-state index contributed by atoms with van der Waals surface area (Å²) in [6.07, 6.45) is 1.49. The third-order valence-electron chi connectivity index (χ3n) is 6.80. The van der Waals surface area contributed by atoms with Gasteiger partial charge in [0.15, 0.2) is 11.5 Å². The van der Waals surface area contributed by atoms with Crippen LogP contribution in [0.3, 0.4) is 0 Å². The number of sulfonamides is 1. The molecule has 0 fully saturated rings. The maximum Gasteiger partial charge on any atom is 0.280 e. The summed E-state index contributed by atoms with van der Waals surface area (Å²) in [5.41, 5.74) is 3.11. The SMILES string of the molecule is COc1cc(/C=N/N(C(=O)c2ccc(S(=O)(=O)N(C)c3ccccc3)cc2)c2nc3ccc(C)cc3s2)cc(OC)c1OC. The predicted octanol–water partition coefficient (Wildman–Crippen LogP) is 6.14. The van der Waals surface area contributed by atoms with Crippen LogP contribution in [-0.4, -0.2) is 53.9 Å². The van der Waals surface area contributed by atoms with Crippen molar-refractivity contribution >= 4 is 54.5 Å². The first-order chi connectivity index (χ1) is 21.2. The molecule has 0 N–H and O–H groups in total. The van der Waals surface area contributed by atoms with Crippen molar-refractivity contribution in [2.24, 2.45) is 5.10 Å². The van der Waals surface area contributed by atoms with Gasteiger partial charge in [-0.1, -0.05) is 35.6 Å². The summed E-state index contributed by atoms with van der Waals surface area (Å²) in [6, 6.07) is 23.7. The van der Waals surface area contributed by atoms with Gasteiger partial charge >= 0.3 is 0 Å². The van der Waals surface area contributed by atoms with Crippen molar-refractivity contribution in [3.63, 3.8) is 0 Å². The van der Waals surface area contributed by atoms with Crippen LogP contribution in [0.15, 0.2) is 94.9 Å². The van der Waals surface area contributed by atoms with Crippen LogP contribution in [0.25, 0.3) is 10.2 Å². The number of thiazole rings is 1. The molecule has 44 heavy (non-hydrogen) atoms. The van der Waals surface area contributed by atoms with Crippen LogP contribution in [0.2, 0.25) is 0 Å². The van der Waals surface area contributed by atoms with Crippen LogP contribution < -0.4 is 23.5 Å². The van der Waals surface area contributed by atoms with Crippen molar-refractivity contribution < 1.29 is 27.4 Å². The lowest BCUT2D eigenvalue weighted by atomic mass is 10.2. The first kappa shape index (κ1) is 30.5. The van der Waals surface area contributed by atoms with E-state index < -0.39 is 15.9 Å². The number of ether oxygens (including phenoxy) is 3. The number of amides is 1. The van der Waals surface area contributed by atoms with Gasteiger partial charge in [0.1, 0.15) is 0 Å². The Morgan fingerprint density at radius 2 is 1.55 bits per heavy atom. The summed E-state index contributed by atoms with van der Waals surface area (Å²) < 4.78 is 45.0. The molecule has 0 saturated heterocycles. The molecule has 0 aliphatic heterocycles. The lowest BCUT2D eigenvalue weighted by molar-refractivity contribution is 0.0987. The van der Waals surface area contributed by atoms with Gasteiger partial charge in [-0.05, 0) is 73.2 Å². The van der Waals surface area contributed by atoms with Gasteiger partial charge in [-0.3, -0.25) is 9.10 Å². The molecule has 226 valence electrons. The maximum absolute atomic E-state index is 13.9. The largest absolute Gasteiger partial charge is 0.493 e. The van der Waals surface area contributed by atoms with Crippen LogP contribution >= 0.6 is 11.3 Å². The topological polar surface area (TPSA) is 111 Å². The number of methoxy groups -OCH3 is 3. The number of benzene rings is 4. The number of hydrogen-bond acceptors (Lipinski definition) is 9. The molecule has 5 aromatic rings. The number of carbonyl (C=O) groups is 1. The second-order valence-corrected chi connectivity index (χ2v) is 12.6. The van der Waals surface area contributed by atoms with Crippen molar-refractivity contribution in [3.05, 3.63) is 102 Å². The second kappa shape index (κ2) is 12.7. The van der Waals surface area contributed by atoms with Gasteiger partial charge in [0.05, 0.1) is 48.3 Å². The minimum Gasteiger partial charge on any atom is -0.493 e. The van der Waals surface area contributed by atoms with Crippen LogP contribution in [0.4, 0.5) is 10.8 Å². The average Bonchev–Trinajstić information content (AvgIpc) is 3.47. The summed E-state index contributed by atoms with van der Waals surface area (Å²) in [5, 5.41) is 6.08. The fourth-order valence-corrected chi connectivity index (χ4v) is 6.64. The monoisotopic (exact) mass is 630 g/mol. The lowest BCUT2D eigenvalue weighted by Gasteiger charge is -2.20. The molecule has 1 aromatic heterocycles. The van der Waals surface area contributed by atoms with E-state index in [0.717, 1.165) is 15.8 Å². The van der Waals surface area contributed by atoms with E-state index in [1.165, 1.54) is 79.5 Å². The van der Waals surface area contributed by atoms with E-state index in [1.54, 1.807) is 36.4 Å². The molecule has 1 heterocycles. The van der Waals surface area contributed by atoms with Crippen molar-refractivity contribution in [1.29, 1.82) is 0 Å². The Kier molecular flexibility index (Phi) is 8.83. The minimum absolute atomic E-state index is 0.0448. The molecule has 0 spiro atoms. The second-order valence-electron chi connectivity index (χ2n) is 9.62. The van der Waals surface area contributed by atoms with Crippen molar-refractivity contribution in [2.75, 3.05) is 37.7 Å². The third kappa shape index (κ3) is 6.08. The highest BCUT2D eigenvalue weighted by Crippen LogP contribution is 2.38. The van der Waals surface area contributed by atoms with Crippen molar-refractivity contribution in [1.82, 2.24) is 4.98 Å². The molecule has 0 bridgehead atoms. The number of anilines is 2.